The molecule has 0 aromatic heterocycles. The Kier molecular flexibility index (Phi) is 36.0. The molecular weight excluding hydrogens is 861 g/mol. The maximum absolute atomic E-state index is 13.0. The van der Waals surface area contributed by atoms with Crippen LogP contribution < -0.4 is 0 Å². The zero-order valence-electron chi connectivity index (χ0n) is 40.6. The van der Waals surface area contributed by atoms with Gasteiger partial charge in [-0.15, -0.1) is 0 Å². The molecule has 0 aliphatic carbocycles. The van der Waals surface area contributed by atoms with E-state index in [2.05, 4.69) is 98.9 Å². The molecule has 0 spiro atoms. The van der Waals surface area contributed by atoms with Crippen molar-refractivity contribution in [2.75, 3.05) is 33.0 Å². The maximum Gasteiger partial charge on any atom is 0.306 e. The lowest BCUT2D eigenvalue weighted by atomic mass is 9.98. The van der Waals surface area contributed by atoms with Crippen molar-refractivity contribution in [3.63, 3.8) is 0 Å². The third kappa shape index (κ3) is 27.8. The first-order valence-corrected chi connectivity index (χ1v) is 25.2. The molecule has 0 aromatic rings. The summed E-state index contributed by atoms with van der Waals surface area (Å²) in [6.07, 6.45) is 33.6. The van der Waals surface area contributed by atoms with Crippen LogP contribution in [0.1, 0.15) is 142 Å². The molecule has 0 amide bonds. The number of aliphatic hydroxyl groups is 7. The highest BCUT2D eigenvalue weighted by atomic mass is 16.7. The third-order valence-electron chi connectivity index (χ3n) is 11.4. The zero-order valence-corrected chi connectivity index (χ0v) is 40.6. The molecule has 11 unspecified atom stereocenters. The van der Waals surface area contributed by atoms with Gasteiger partial charge in [0.05, 0.1) is 26.4 Å². The van der Waals surface area contributed by atoms with E-state index in [1.165, 1.54) is 12.8 Å². The van der Waals surface area contributed by atoms with Gasteiger partial charge in [-0.25, -0.2) is 0 Å². The number of aliphatic hydroxyl groups excluding tert-OH is 7. The Morgan fingerprint density at radius 3 is 1.45 bits per heavy atom. The third-order valence-corrected chi connectivity index (χ3v) is 11.4. The molecule has 11 atom stereocenters. The second-order valence-corrected chi connectivity index (χ2v) is 17.2. The fourth-order valence-corrected chi connectivity index (χ4v) is 7.35. The standard InChI is InChI=1S/C53H88O14/c1-3-5-7-9-11-13-15-17-19-21-22-24-26-28-30-32-34-36-45(55)65-42(39-62-37-35-33-31-29-27-25-23-20-18-16-14-12-10-8-6-4-2)40-63-52-51(61)49(59)47(57)44(67-52)41-64-53-50(60)48(58)46(56)43(38-54)66-53/h5-8,11-14,17-20,25,27,42-44,46-54,56-61H,3-4,9-10,15-16,21-24,26,28-41H2,1-2H3/b7-5-,8-6-,13-11-,14-12-,19-17-,20-18-,27-25-. The van der Waals surface area contributed by atoms with Gasteiger partial charge >= 0.3 is 5.97 Å². The summed E-state index contributed by atoms with van der Waals surface area (Å²) in [4.78, 5) is 13.0. The van der Waals surface area contributed by atoms with Gasteiger partial charge in [0, 0.05) is 13.0 Å². The lowest BCUT2D eigenvalue weighted by Gasteiger charge is -2.42. The largest absolute Gasteiger partial charge is 0.457 e. The molecule has 0 saturated carbocycles. The monoisotopic (exact) mass is 949 g/mol. The molecule has 2 aliphatic heterocycles. The van der Waals surface area contributed by atoms with E-state index >= 15 is 0 Å². The number of allylic oxidation sites excluding steroid dienone is 14. The fourth-order valence-electron chi connectivity index (χ4n) is 7.35. The summed E-state index contributed by atoms with van der Waals surface area (Å²) in [6, 6.07) is 0. The van der Waals surface area contributed by atoms with Gasteiger partial charge in [-0.3, -0.25) is 4.79 Å². The molecule has 0 radical (unpaired) electrons. The Morgan fingerprint density at radius 2 is 0.925 bits per heavy atom. The van der Waals surface area contributed by atoms with Crippen LogP contribution in [0.3, 0.4) is 0 Å². The number of carbonyl (C=O) groups is 1. The number of unbranched alkanes of at least 4 members (excludes halogenated alkanes) is 10. The van der Waals surface area contributed by atoms with Crippen LogP contribution in [-0.2, 0) is 33.2 Å². The number of rotatable bonds is 38. The highest BCUT2D eigenvalue weighted by Gasteiger charge is 2.47. The van der Waals surface area contributed by atoms with Crippen LogP contribution in [0, 0.1) is 0 Å². The van der Waals surface area contributed by atoms with Crippen molar-refractivity contribution in [3.05, 3.63) is 85.1 Å². The zero-order chi connectivity index (χ0) is 48.7. The average molecular weight is 949 g/mol. The van der Waals surface area contributed by atoms with Gasteiger partial charge in [-0.1, -0.05) is 137 Å². The van der Waals surface area contributed by atoms with Crippen molar-refractivity contribution in [2.24, 2.45) is 0 Å². The average Bonchev–Trinajstić information content (AvgIpc) is 3.32. The molecule has 67 heavy (non-hydrogen) atoms. The molecule has 0 aromatic carbocycles. The van der Waals surface area contributed by atoms with Gasteiger partial charge in [0.15, 0.2) is 12.6 Å². The molecule has 2 fully saturated rings. The summed E-state index contributed by atoms with van der Waals surface area (Å²) in [5.41, 5.74) is 0. The molecule has 0 bridgehead atoms. The number of hydrogen-bond acceptors (Lipinski definition) is 14. The van der Waals surface area contributed by atoms with Crippen LogP contribution in [-0.4, -0.2) is 142 Å². The van der Waals surface area contributed by atoms with Crippen molar-refractivity contribution >= 4 is 5.97 Å². The van der Waals surface area contributed by atoms with E-state index in [-0.39, 0.29) is 19.6 Å². The minimum Gasteiger partial charge on any atom is -0.457 e. The number of carbonyl (C=O) groups excluding carboxylic acids is 1. The van der Waals surface area contributed by atoms with E-state index in [9.17, 15) is 40.5 Å². The molecule has 7 N–H and O–H groups in total. The predicted molar refractivity (Wildman–Crippen MR) is 261 cm³/mol. The quantitative estimate of drug-likeness (QED) is 0.0184. The van der Waals surface area contributed by atoms with E-state index < -0.39 is 86.7 Å². The first kappa shape index (κ1) is 60.3. The first-order valence-electron chi connectivity index (χ1n) is 25.2. The lowest BCUT2D eigenvalue weighted by Crippen LogP contribution is -2.61. The fraction of sp³-hybridized carbons (Fsp3) is 0.717. The van der Waals surface area contributed by atoms with Crippen LogP contribution in [0.15, 0.2) is 85.1 Å². The lowest BCUT2D eigenvalue weighted by molar-refractivity contribution is -0.332. The van der Waals surface area contributed by atoms with Crippen molar-refractivity contribution in [3.8, 4) is 0 Å². The SMILES string of the molecule is CC/C=C\C/C=C\C/C=C\C/C=C\CCCCCOCC(COC1OC(COC2OC(CO)C(O)C(O)C2O)C(O)C(O)C1O)OC(=O)CCCCCCCCC/C=C\C/C=C\C/C=C\CC. The molecule has 2 aliphatic rings. The summed E-state index contributed by atoms with van der Waals surface area (Å²) in [5, 5.41) is 72.1. The Hall–Kier alpha value is -2.83. The van der Waals surface area contributed by atoms with Gasteiger partial charge in [0.1, 0.15) is 54.9 Å². The minimum atomic E-state index is -1.72. The summed E-state index contributed by atoms with van der Waals surface area (Å²) >= 11 is 0. The molecule has 14 nitrogen and oxygen atoms in total. The Bertz CT molecular complexity index is 1430. The van der Waals surface area contributed by atoms with Crippen LogP contribution >= 0.6 is 0 Å². The normalized spacial score (nSPS) is 26.8. The second-order valence-electron chi connectivity index (χ2n) is 17.2. The molecule has 14 heteroatoms. The van der Waals surface area contributed by atoms with Crippen molar-refractivity contribution in [1.29, 1.82) is 0 Å². The topological polar surface area (TPSA) is 214 Å². The molecule has 384 valence electrons. The van der Waals surface area contributed by atoms with Crippen molar-refractivity contribution in [1.82, 2.24) is 0 Å². The summed E-state index contributed by atoms with van der Waals surface area (Å²) < 4.78 is 34.2. The number of hydrogen-bond donors (Lipinski definition) is 7. The van der Waals surface area contributed by atoms with E-state index in [0.29, 0.717) is 13.0 Å². The molecule has 2 rings (SSSR count). The Morgan fingerprint density at radius 1 is 0.493 bits per heavy atom. The number of ether oxygens (including phenoxy) is 6. The van der Waals surface area contributed by atoms with E-state index in [1.807, 2.05) is 0 Å². The van der Waals surface area contributed by atoms with Gasteiger partial charge in [-0.2, -0.15) is 0 Å². The van der Waals surface area contributed by atoms with Gasteiger partial charge in [0.2, 0.25) is 0 Å². The van der Waals surface area contributed by atoms with Crippen LogP contribution in [0.5, 0.6) is 0 Å². The number of esters is 1. The second kappa shape index (κ2) is 40.0. The molecular formula is C53H88O14. The van der Waals surface area contributed by atoms with Crippen LogP contribution in [0.2, 0.25) is 0 Å². The predicted octanol–water partition coefficient (Wildman–Crippen LogP) is 7.29. The van der Waals surface area contributed by atoms with Crippen molar-refractivity contribution < 1.29 is 69.0 Å². The van der Waals surface area contributed by atoms with E-state index in [0.717, 1.165) is 103 Å². The highest BCUT2D eigenvalue weighted by molar-refractivity contribution is 5.69. The molecule has 2 heterocycles. The Labute approximate surface area is 401 Å². The van der Waals surface area contributed by atoms with Gasteiger partial charge < -0.3 is 64.2 Å². The van der Waals surface area contributed by atoms with Crippen LogP contribution in [0.25, 0.3) is 0 Å². The van der Waals surface area contributed by atoms with E-state index in [4.69, 9.17) is 28.4 Å². The summed E-state index contributed by atoms with van der Waals surface area (Å²) in [5.74, 6) is -0.402. The maximum atomic E-state index is 13.0. The first-order chi connectivity index (χ1) is 32.6. The summed E-state index contributed by atoms with van der Waals surface area (Å²) in [7, 11) is 0. The van der Waals surface area contributed by atoms with Gasteiger partial charge in [-0.05, 0) is 83.5 Å². The summed E-state index contributed by atoms with van der Waals surface area (Å²) in [6.45, 7) is 3.34. The van der Waals surface area contributed by atoms with Crippen molar-refractivity contribution in [2.45, 2.75) is 210 Å². The smallest absolute Gasteiger partial charge is 0.306 e. The Balaban J connectivity index is 1.80. The molecule has 2 saturated heterocycles. The highest BCUT2D eigenvalue weighted by Crippen LogP contribution is 2.26. The van der Waals surface area contributed by atoms with E-state index in [1.54, 1.807) is 0 Å². The van der Waals surface area contributed by atoms with Crippen LogP contribution in [0.4, 0.5) is 0 Å². The van der Waals surface area contributed by atoms with Gasteiger partial charge in [0.25, 0.3) is 0 Å². The minimum absolute atomic E-state index is 0.0305.